The van der Waals surface area contributed by atoms with Crippen LogP contribution < -0.4 is 0 Å². The van der Waals surface area contributed by atoms with E-state index in [-0.39, 0.29) is 49.9 Å². The minimum absolute atomic E-state index is 0.124. The van der Waals surface area contributed by atoms with Crippen molar-refractivity contribution in [2.24, 2.45) is 0 Å². The lowest BCUT2D eigenvalue weighted by Crippen LogP contribution is -2.14. The van der Waals surface area contributed by atoms with Crippen molar-refractivity contribution >= 4 is 23.5 Å². The summed E-state index contributed by atoms with van der Waals surface area (Å²) in [6.07, 6.45) is 4.26. The average Bonchev–Trinajstić information content (AvgIpc) is 2.54. The van der Waals surface area contributed by atoms with Crippen LogP contribution in [0.25, 0.3) is 0 Å². The molecule has 0 radical (unpaired) electrons. The van der Waals surface area contributed by atoms with Crippen molar-refractivity contribution in [1.29, 1.82) is 0 Å². The maximum atomic E-state index is 11.4. The molecular formula is C18H30O7. The highest BCUT2D eigenvalue weighted by Crippen LogP contribution is 2.03. The number of rotatable bonds is 16. The van der Waals surface area contributed by atoms with Crippen molar-refractivity contribution in [1.82, 2.24) is 0 Å². The summed E-state index contributed by atoms with van der Waals surface area (Å²) in [6, 6.07) is 0. The molecule has 0 aliphatic carbocycles. The summed E-state index contributed by atoms with van der Waals surface area (Å²) in [5.74, 6) is -0.356. The maximum absolute atomic E-state index is 11.4. The van der Waals surface area contributed by atoms with E-state index in [1.54, 1.807) is 0 Å². The van der Waals surface area contributed by atoms with Crippen LogP contribution in [0, 0.1) is 0 Å². The number of hydrogen-bond donors (Lipinski definition) is 0. The van der Waals surface area contributed by atoms with Crippen LogP contribution >= 0.6 is 0 Å². The van der Waals surface area contributed by atoms with Gasteiger partial charge in [0.15, 0.2) is 0 Å². The lowest BCUT2D eigenvalue weighted by atomic mass is 10.1. The molecule has 144 valence electrons. The third kappa shape index (κ3) is 18.4. The minimum Gasteiger partial charge on any atom is -0.463 e. The molecule has 0 aromatic rings. The Kier molecular flexibility index (Phi) is 14.6. The third-order valence-corrected chi connectivity index (χ3v) is 3.30. The van der Waals surface area contributed by atoms with Crippen molar-refractivity contribution in [3.8, 4) is 0 Å². The predicted molar refractivity (Wildman–Crippen MR) is 91.0 cm³/mol. The van der Waals surface area contributed by atoms with E-state index >= 15 is 0 Å². The number of esters is 2. The van der Waals surface area contributed by atoms with E-state index in [9.17, 15) is 19.2 Å². The lowest BCUT2D eigenvalue weighted by Gasteiger charge is -2.07. The van der Waals surface area contributed by atoms with Gasteiger partial charge in [0.05, 0.1) is 13.2 Å². The topological polar surface area (TPSA) is 96.0 Å². The van der Waals surface area contributed by atoms with E-state index in [1.165, 1.54) is 13.8 Å². The van der Waals surface area contributed by atoms with Gasteiger partial charge < -0.3 is 23.8 Å². The molecule has 0 amide bonds. The van der Waals surface area contributed by atoms with Gasteiger partial charge in [0.1, 0.15) is 24.8 Å². The van der Waals surface area contributed by atoms with Crippen LogP contribution in [0.5, 0.6) is 0 Å². The molecule has 0 spiro atoms. The quantitative estimate of drug-likeness (QED) is 0.309. The van der Waals surface area contributed by atoms with Crippen LogP contribution in [0.3, 0.4) is 0 Å². The van der Waals surface area contributed by atoms with Crippen molar-refractivity contribution < 1.29 is 33.4 Å². The molecule has 0 fully saturated rings. The summed E-state index contributed by atoms with van der Waals surface area (Å²) in [5, 5.41) is 0. The van der Waals surface area contributed by atoms with Crippen LogP contribution in [-0.2, 0) is 33.4 Å². The van der Waals surface area contributed by atoms with Gasteiger partial charge in [-0.1, -0.05) is 0 Å². The van der Waals surface area contributed by atoms with E-state index in [0.717, 1.165) is 0 Å². The van der Waals surface area contributed by atoms with Gasteiger partial charge in [-0.3, -0.25) is 9.59 Å². The first-order chi connectivity index (χ1) is 11.9. The van der Waals surface area contributed by atoms with Crippen molar-refractivity contribution in [2.75, 3.05) is 26.4 Å². The van der Waals surface area contributed by atoms with Crippen LogP contribution in [0.15, 0.2) is 0 Å². The molecule has 7 nitrogen and oxygen atoms in total. The fourth-order valence-corrected chi connectivity index (χ4v) is 1.96. The zero-order valence-corrected chi connectivity index (χ0v) is 15.3. The van der Waals surface area contributed by atoms with E-state index in [0.29, 0.717) is 51.4 Å². The zero-order valence-electron chi connectivity index (χ0n) is 15.3. The number of carbonyl (C=O) groups excluding carboxylic acids is 4. The largest absolute Gasteiger partial charge is 0.463 e. The Morgan fingerprint density at radius 2 is 0.920 bits per heavy atom. The molecule has 7 heteroatoms. The Bertz CT molecular complexity index is 380. The molecule has 0 aromatic carbocycles. The monoisotopic (exact) mass is 358 g/mol. The Morgan fingerprint density at radius 3 is 1.28 bits per heavy atom. The molecule has 0 bridgehead atoms. The molecule has 0 N–H and O–H groups in total. The number of hydrogen-bond acceptors (Lipinski definition) is 7. The highest BCUT2D eigenvalue weighted by Gasteiger charge is 2.05. The van der Waals surface area contributed by atoms with Gasteiger partial charge in [0.25, 0.3) is 0 Å². The second-order valence-electron chi connectivity index (χ2n) is 5.87. The van der Waals surface area contributed by atoms with Gasteiger partial charge in [0, 0.05) is 25.7 Å². The molecule has 0 rings (SSSR count). The van der Waals surface area contributed by atoms with E-state index in [1.807, 2.05) is 0 Å². The summed E-state index contributed by atoms with van der Waals surface area (Å²) in [6.45, 7) is 3.86. The highest BCUT2D eigenvalue weighted by molar-refractivity contribution is 5.76. The van der Waals surface area contributed by atoms with Gasteiger partial charge in [-0.05, 0) is 39.5 Å². The van der Waals surface area contributed by atoms with Gasteiger partial charge >= 0.3 is 11.9 Å². The summed E-state index contributed by atoms with van der Waals surface area (Å²) in [7, 11) is 0. The molecule has 0 saturated heterocycles. The first-order valence-electron chi connectivity index (χ1n) is 8.79. The Morgan fingerprint density at radius 1 is 0.560 bits per heavy atom. The lowest BCUT2D eigenvalue weighted by molar-refractivity contribution is -0.147. The molecule has 0 heterocycles. The molecule has 0 aliphatic rings. The fraction of sp³-hybridized carbons (Fsp3) is 0.778. The van der Waals surface area contributed by atoms with Gasteiger partial charge in [-0.15, -0.1) is 0 Å². The smallest absolute Gasteiger partial charge is 0.305 e. The van der Waals surface area contributed by atoms with Crippen molar-refractivity contribution in [2.45, 2.75) is 65.2 Å². The van der Waals surface area contributed by atoms with Gasteiger partial charge in [-0.25, -0.2) is 0 Å². The standard InChI is InChI=1S/C18H30O7/c1-15(19)7-3-5-9-17(21)24-13-11-23-12-14-25-18(22)10-6-4-8-16(2)20/h3-14H2,1-2H3. The minimum atomic E-state index is -0.302. The first kappa shape index (κ1) is 23.2. The highest BCUT2D eigenvalue weighted by atomic mass is 16.6. The van der Waals surface area contributed by atoms with Gasteiger partial charge in [-0.2, -0.15) is 0 Å². The SMILES string of the molecule is CC(=O)CCCCC(=O)OCCOCCOC(=O)CCCCC(C)=O. The average molecular weight is 358 g/mol. The zero-order chi connectivity index (χ0) is 18.9. The van der Waals surface area contributed by atoms with Crippen molar-refractivity contribution in [3.05, 3.63) is 0 Å². The first-order valence-corrected chi connectivity index (χ1v) is 8.79. The molecule has 0 unspecified atom stereocenters. The van der Waals surface area contributed by atoms with Gasteiger partial charge in [0.2, 0.25) is 0 Å². The molecule has 0 saturated carbocycles. The molecule has 0 aliphatic heterocycles. The van der Waals surface area contributed by atoms with Crippen molar-refractivity contribution in [3.63, 3.8) is 0 Å². The van der Waals surface area contributed by atoms with Crippen LogP contribution in [0.2, 0.25) is 0 Å². The third-order valence-electron chi connectivity index (χ3n) is 3.30. The Hall–Kier alpha value is -1.76. The van der Waals surface area contributed by atoms with Crippen LogP contribution in [0.1, 0.15) is 65.2 Å². The number of unbranched alkanes of at least 4 members (excludes halogenated alkanes) is 2. The van der Waals surface area contributed by atoms with Crippen LogP contribution in [-0.4, -0.2) is 49.9 Å². The summed E-state index contributed by atoms with van der Waals surface area (Å²) in [5.41, 5.74) is 0. The van der Waals surface area contributed by atoms with E-state index in [2.05, 4.69) is 0 Å². The number of carbonyl (C=O) groups is 4. The maximum Gasteiger partial charge on any atom is 0.305 e. The second kappa shape index (κ2) is 15.7. The second-order valence-corrected chi connectivity index (χ2v) is 5.87. The Labute approximate surface area is 149 Å². The molecule has 0 atom stereocenters. The number of ether oxygens (including phenoxy) is 3. The number of ketones is 2. The summed E-state index contributed by atoms with van der Waals surface area (Å²) in [4.78, 5) is 44.2. The Balaban J connectivity index is 3.34. The van der Waals surface area contributed by atoms with Crippen LogP contribution in [0.4, 0.5) is 0 Å². The van der Waals surface area contributed by atoms with E-state index in [4.69, 9.17) is 14.2 Å². The van der Waals surface area contributed by atoms with E-state index < -0.39 is 0 Å². The molecular weight excluding hydrogens is 328 g/mol. The number of Topliss-reactive ketones (excluding diaryl/α,β-unsaturated/α-hetero) is 2. The summed E-state index contributed by atoms with van der Waals surface area (Å²) >= 11 is 0. The fourth-order valence-electron chi connectivity index (χ4n) is 1.96. The molecule has 0 aromatic heterocycles. The predicted octanol–water partition coefficient (Wildman–Crippen LogP) is 2.39. The normalized spacial score (nSPS) is 10.3. The summed E-state index contributed by atoms with van der Waals surface area (Å²) < 4.78 is 15.2. The molecule has 25 heavy (non-hydrogen) atoms.